The maximum atomic E-state index is 12.9. The fraction of sp³-hybridized carbons (Fsp3) is 0.286. The smallest absolute Gasteiger partial charge is 0.306 e. The first-order chi connectivity index (χ1) is 13.9. The van der Waals surface area contributed by atoms with Crippen LogP contribution in [0.1, 0.15) is 31.4 Å². The minimum absolute atomic E-state index is 0.0368. The van der Waals surface area contributed by atoms with E-state index in [2.05, 4.69) is 0 Å². The topological polar surface area (TPSA) is 70.8 Å². The zero-order valence-electron chi connectivity index (χ0n) is 15.3. The van der Waals surface area contributed by atoms with Gasteiger partial charge in [0.1, 0.15) is 15.8 Å². The summed E-state index contributed by atoms with van der Waals surface area (Å²) < 4.78 is 6.38. The summed E-state index contributed by atoms with van der Waals surface area (Å²) in [6, 6.07) is 11.0. The molecule has 2 aromatic rings. The predicted molar refractivity (Wildman–Crippen MR) is 118 cm³/mol. The molecule has 150 valence electrons. The summed E-state index contributed by atoms with van der Waals surface area (Å²) in [5, 5.41) is 9.82. The molecule has 2 fully saturated rings. The third-order valence-electron chi connectivity index (χ3n) is 5.26. The standard InChI is InChI=1S/C21H18ClNO4S2/c22-14-5-1-12(2-6-14)17-10-9-16(27-17)11-18-19(24)23(21(28)29-18)15-7-3-13(4-8-15)20(25)26/h1-2,5-6,9-11,13,15H,3-4,7-8H2,(H,25,26)/b18-11+. The number of halogens is 1. The van der Waals surface area contributed by atoms with Gasteiger partial charge in [0.25, 0.3) is 5.91 Å². The molecule has 1 saturated heterocycles. The average molecular weight is 448 g/mol. The Morgan fingerprint density at radius 3 is 2.52 bits per heavy atom. The normalized spacial score (nSPS) is 23.8. The lowest BCUT2D eigenvalue weighted by atomic mass is 9.85. The molecule has 1 saturated carbocycles. The van der Waals surface area contributed by atoms with Crippen LogP contribution in [0.25, 0.3) is 17.4 Å². The molecule has 5 nitrogen and oxygen atoms in total. The second kappa shape index (κ2) is 8.34. The first kappa shape index (κ1) is 20.2. The highest BCUT2D eigenvalue weighted by Crippen LogP contribution is 2.38. The van der Waals surface area contributed by atoms with E-state index in [-0.39, 0.29) is 17.9 Å². The molecule has 29 heavy (non-hydrogen) atoms. The third kappa shape index (κ3) is 4.27. The lowest BCUT2D eigenvalue weighted by molar-refractivity contribution is -0.143. The Bertz CT molecular complexity index is 990. The van der Waals surface area contributed by atoms with Crippen molar-refractivity contribution in [3.8, 4) is 11.3 Å². The molecule has 1 amide bonds. The van der Waals surface area contributed by atoms with Crippen molar-refractivity contribution in [2.24, 2.45) is 5.92 Å². The second-order valence-electron chi connectivity index (χ2n) is 7.10. The molecule has 2 heterocycles. The van der Waals surface area contributed by atoms with E-state index in [0.29, 0.717) is 51.5 Å². The van der Waals surface area contributed by atoms with E-state index < -0.39 is 5.97 Å². The number of aliphatic carboxylic acids is 1. The van der Waals surface area contributed by atoms with Crippen molar-refractivity contribution in [1.29, 1.82) is 0 Å². The number of rotatable bonds is 4. The molecule has 0 radical (unpaired) electrons. The van der Waals surface area contributed by atoms with E-state index >= 15 is 0 Å². The Balaban J connectivity index is 1.48. The SMILES string of the molecule is O=C(O)C1CCC(N2C(=O)/C(=C\c3ccc(-c4ccc(Cl)cc4)o3)SC2=S)CC1. The van der Waals surface area contributed by atoms with Gasteiger partial charge >= 0.3 is 5.97 Å². The molecule has 8 heteroatoms. The molecule has 0 atom stereocenters. The van der Waals surface area contributed by atoms with E-state index in [1.54, 1.807) is 23.1 Å². The zero-order valence-corrected chi connectivity index (χ0v) is 17.7. The molecule has 2 aliphatic rings. The monoisotopic (exact) mass is 447 g/mol. The van der Waals surface area contributed by atoms with Gasteiger partial charge in [0.2, 0.25) is 0 Å². The molecule has 1 aliphatic carbocycles. The van der Waals surface area contributed by atoms with Crippen molar-refractivity contribution in [2.45, 2.75) is 31.7 Å². The number of carboxylic acid groups (broad SMARTS) is 1. The van der Waals surface area contributed by atoms with Gasteiger partial charge in [0, 0.05) is 22.7 Å². The Labute approximate surface area is 182 Å². The van der Waals surface area contributed by atoms with Crippen molar-refractivity contribution < 1.29 is 19.1 Å². The number of carbonyl (C=O) groups is 2. The minimum Gasteiger partial charge on any atom is -0.481 e. The lowest BCUT2D eigenvalue weighted by Gasteiger charge is -2.32. The molecule has 1 aliphatic heterocycles. The number of carboxylic acids is 1. The van der Waals surface area contributed by atoms with Crippen molar-refractivity contribution in [1.82, 2.24) is 4.90 Å². The highest BCUT2D eigenvalue weighted by molar-refractivity contribution is 8.26. The highest BCUT2D eigenvalue weighted by Gasteiger charge is 2.39. The van der Waals surface area contributed by atoms with Crippen LogP contribution in [0, 0.1) is 5.92 Å². The number of thiocarbonyl (C=S) groups is 1. The van der Waals surface area contributed by atoms with Crippen LogP contribution in [-0.2, 0) is 9.59 Å². The summed E-state index contributed by atoms with van der Waals surface area (Å²) in [5.74, 6) is 0.0429. The van der Waals surface area contributed by atoms with Crippen molar-refractivity contribution in [3.05, 3.63) is 52.1 Å². The molecule has 0 bridgehead atoms. The third-order valence-corrected chi connectivity index (χ3v) is 6.85. The molecular weight excluding hydrogens is 430 g/mol. The summed E-state index contributed by atoms with van der Waals surface area (Å²) in [5.41, 5.74) is 0.900. The molecule has 1 aromatic carbocycles. The van der Waals surface area contributed by atoms with Crippen LogP contribution < -0.4 is 0 Å². The first-order valence-corrected chi connectivity index (χ1v) is 10.9. The van der Waals surface area contributed by atoms with Crippen LogP contribution in [0.15, 0.2) is 45.7 Å². The zero-order chi connectivity index (χ0) is 20.5. The number of thioether (sulfide) groups is 1. The Hall–Kier alpha value is -2.09. The van der Waals surface area contributed by atoms with Gasteiger partial charge in [-0.3, -0.25) is 14.5 Å². The van der Waals surface area contributed by atoms with Crippen LogP contribution in [0.3, 0.4) is 0 Å². The van der Waals surface area contributed by atoms with E-state index in [1.807, 2.05) is 24.3 Å². The summed E-state index contributed by atoms with van der Waals surface area (Å²) in [6.45, 7) is 0. The summed E-state index contributed by atoms with van der Waals surface area (Å²) in [6.07, 6.45) is 4.15. The maximum absolute atomic E-state index is 12.9. The van der Waals surface area contributed by atoms with Gasteiger partial charge < -0.3 is 9.52 Å². The minimum atomic E-state index is -0.761. The molecule has 1 aromatic heterocycles. The number of benzene rings is 1. The number of furan rings is 1. The average Bonchev–Trinajstić information content (AvgIpc) is 3.27. The number of amides is 1. The largest absolute Gasteiger partial charge is 0.481 e. The Morgan fingerprint density at radius 1 is 1.17 bits per heavy atom. The van der Waals surface area contributed by atoms with Crippen LogP contribution in [0.5, 0.6) is 0 Å². The van der Waals surface area contributed by atoms with Crippen LogP contribution >= 0.6 is 35.6 Å². The molecule has 0 unspecified atom stereocenters. The van der Waals surface area contributed by atoms with Crippen molar-refractivity contribution in [2.75, 3.05) is 0 Å². The molecular formula is C21H18ClNO4S2. The molecule has 1 N–H and O–H groups in total. The summed E-state index contributed by atoms with van der Waals surface area (Å²) in [4.78, 5) is 26.2. The second-order valence-corrected chi connectivity index (χ2v) is 9.22. The van der Waals surface area contributed by atoms with Crippen LogP contribution in [-0.4, -0.2) is 32.2 Å². The quantitative estimate of drug-likeness (QED) is 0.496. The summed E-state index contributed by atoms with van der Waals surface area (Å²) >= 11 is 12.6. The molecule has 0 spiro atoms. The number of carbonyl (C=O) groups excluding carboxylic acids is 1. The number of hydrogen-bond donors (Lipinski definition) is 1. The first-order valence-electron chi connectivity index (χ1n) is 9.28. The fourth-order valence-electron chi connectivity index (χ4n) is 3.70. The number of hydrogen-bond acceptors (Lipinski definition) is 5. The van der Waals surface area contributed by atoms with Gasteiger partial charge in [-0.25, -0.2) is 0 Å². The van der Waals surface area contributed by atoms with Crippen molar-refractivity contribution in [3.63, 3.8) is 0 Å². The number of nitrogens with zero attached hydrogens (tertiary/aromatic N) is 1. The van der Waals surface area contributed by atoms with E-state index in [4.69, 9.17) is 33.3 Å². The molecule has 4 rings (SSSR count). The van der Waals surface area contributed by atoms with Gasteiger partial charge in [-0.05, 0) is 62.1 Å². The van der Waals surface area contributed by atoms with Gasteiger partial charge in [-0.1, -0.05) is 35.6 Å². The highest BCUT2D eigenvalue weighted by atomic mass is 35.5. The van der Waals surface area contributed by atoms with Gasteiger partial charge in [-0.2, -0.15) is 0 Å². The maximum Gasteiger partial charge on any atom is 0.306 e. The van der Waals surface area contributed by atoms with Crippen LogP contribution in [0.2, 0.25) is 5.02 Å². The van der Waals surface area contributed by atoms with E-state index in [0.717, 1.165) is 5.56 Å². The van der Waals surface area contributed by atoms with Gasteiger partial charge in [0.15, 0.2) is 0 Å². The predicted octanol–water partition coefficient (Wildman–Crippen LogP) is 5.44. The van der Waals surface area contributed by atoms with Crippen LogP contribution in [0.4, 0.5) is 0 Å². The van der Waals surface area contributed by atoms with E-state index in [1.165, 1.54) is 11.8 Å². The Morgan fingerprint density at radius 2 is 1.86 bits per heavy atom. The van der Waals surface area contributed by atoms with E-state index in [9.17, 15) is 9.59 Å². The Kier molecular flexibility index (Phi) is 5.81. The van der Waals surface area contributed by atoms with Gasteiger partial charge in [-0.15, -0.1) is 0 Å². The lowest BCUT2D eigenvalue weighted by Crippen LogP contribution is -2.41. The summed E-state index contributed by atoms with van der Waals surface area (Å²) in [7, 11) is 0. The fourth-order valence-corrected chi connectivity index (χ4v) is 5.21. The van der Waals surface area contributed by atoms with Crippen molar-refractivity contribution >= 4 is 57.9 Å². The van der Waals surface area contributed by atoms with Gasteiger partial charge in [0.05, 0.1) is 10.8 Å².